The van der Waals surface area contributed by atoms with Crippen molar-refractivity contribution in [2.75, 3.05) is 18.5 Å². The third-order valence-corrected chi connectivity index (χ3v) is 3.41. The number of para-hydroxylation sites is 3. The molecule has 1 N–H and O–H groups in total. The molecule has 0 aliphatic rings. The molecule has 24 heavy (non-hydrogen) atoms. The van der Waals surface area contributed by atoms with E-state index >= 15 is 0 Å². The summed E-state index contributed by atoms with van der Waals surface area (Å²) in [5, 5.41) is 3.81. The van der Waals surface area contributed by atoms with Crippen LogP contribution in [0.5, 0.6) is 11.5 Å². The van der Waals surface area contributed by atoms with Crippen LogP contribution < -0.4 is 14.8 Å². The highest BCUT2D eigenvalue weighted by atomic mass is 16.5. The first kappa shape index (κ1) is 15.8. The van der Waals surface area contributed by atoms with Gasteiger partial charge in [0.1, 0.15) is 0 Å². The average molecular weight is 322 g/mol. The van der Waals surface area contributed by atoms with Crippen LogP contribution in [0.1, 0.15) is 6.92 Å². The second-order valence-electron chi connectivity index (χ2n) is 5.10. The van der Waals surface area contributed by atoms with E-state index in [4.69, 9.17) is 9.47 Å². The molecule has 3 rings (SSSR count). The van der Waals surface area contributed by atoms with E-state index in [9.17, 15) is 4.79 Å². The minimum absolute atomic E-state index is 0.104. The van der Waals surface area contributed by atoms with Crippen molar-refractivity contribution in [2.24, 2.45) is 0 Å². The van der Waals surface area contributed by atoms with Crippen LogP contribution >= 0.6 is 0 Å². The Kier molecular flexibility index (Phi) is 4.91. The molecule has 5 nitrogen and oxygen atoms in total. The normalized spacial score (nSPS) is 10.4. The predicted molar refractivity (Wildman–Crippen MR) is 93.5 cm³/mol. The molecule has 3 aromatic rings. The Hall–Kier alpha value is -3.08. The molecule has 0 fully saturated rings. The number of carbonyl (C=O) groups excluding carboxylic acids is 1. The second kappa shape index (κ2) is 7.46. The lowest BCUT2D eigenvalue weighted by atomic mass is 10.2. The van der Waals surface area contributed by atoms with E-state index in [0.717, 1.165) is 10.9 Å². The minimum atomic E-state index is -0.251. The quantitative estimate of drug-likeness (QED) is 0.752. The van der Waals surface area contributed by atoms with E-state index in [1.807, 2.05) is 55.5 Å². The lowest BCUT2D eigenvalue weighted by Crippen LogP contribution is -2.20. The Bertz CT molecular complexity index is 843. The molecular formula is C19H18N2O3. The third-order valence-electron chi connectivity index (χ3n) is 3.41. The van der Waals surface area contributed by atoms with Crippen molar-refractivity contribution in [3.05, 3.63) is 60.8 Å². The van der Waals surface area contributed by atoms with E-state index in [1.54, 1.807) is 12.3 Å². The number of fused-ring (bicyclic) bond motifs is 1. The highest BCUT2D eigenvalue weighted by Crippen LogP contribution is 2.26. The number of anilines is 1. The molecule has 0 bridgehead atoms. The number of nitrogens with one attached hydrogen (secondary N) is 1. The standard InChI is InChI=1S/C19H18N2O3/c1-2-23-16-10-3-4-11-17(16)24-13-18(22)21-15-9-5-7-14-8-6-12-20-19(14)15/h3-12H,2,13H2,1H3,(H,21,22). The van der Waals surface area contributed by atoms with Gasteiger partial charge in [0, 0.05) is 11.6 Å². The summed E-state index contributed by atoms with van der Waals surface area (Å²) in [6.45, 7) is 2.33. The molecule has 0 aliphatic carbocycles. The van der Waals surface area contributed by atoms with Crippen LogP contribution in [0.3, 0.4) is 0 Å². The van der Waals surface area contributed by atoms with Crippen LogP contribution in [0, 0.1) is 0 Å². The van der Waals surface area contributed by atoms with Crippen LogP contribution in [-0.2, 0) is 4.79 Å². The van der Waals surface area contributed by atoms with Gasteiger partial charge in [0.2, 0.25) is 0 Å². The molecule has 0 spiro atoms. The molecule has 1 heterocycles. The minimum Gasteiger partial charge on any atom is -0.490 e. The Morgan fingerprint density at radius 2 is 1.75 bits per heavy atom. The monoisotopic (exact) mass is 322 g/mol. The van der Waals surface area contributed by atoms with E-state index in [2.05, 4.69) is 10.3 Å². The number of hydrogen-bond donors (Lipinski definition) is 1. The summed E-state index contributed by atoms with van der Waals surface area (Å²) < 4.78 is 11.1. The first-order valence-corrected chi connectivity index (χ1v) is 7.76. The summed E-state index contributed by atoms with van der Waals surface area (Å²) in [4.78, 5) is 16.5. The smallest absolute Gasteiger partial charge is 0.262 e. The maximum atomic E-state index is 12.2. The molecule has 0 radical (unpaired) electrons. The molecule has 1 aromatic heterocycles. The average Bonchev–Trinajstić information content (AvgIpc) is 2.62. The Labute approximate surface area is 140 Å². The van der Waals surface area contributed by atoms with Gasteiger partial charge >= 0.3 is 0 Å². The number of ether oxygens (including phenoxy) is 2. The summed E-state index contributed by atoms with van der Waals surface area (Å²) >= 11 is 0. The zero-order valence-corrected chi connectivity index (χ0v) is 13.4. The first-order chi connectivity index (χ1) is 11.8. The van der Waals surface area contributed by atoms with Gasteiger partial charge in [-0.25, -0.2) is 0 Å². The van der Waals surface area contributed by atoms with E-state index in [-0.39, 0.29) is 12.5 Å². The molecule has 1 amide bonds. The maximum absolute atomic E-state index is 12.2. The zero-order valence-electron chi connectivity index (χ0n) is 13.4. The van der Waals surface area contributed by atoms with Crippen molar-refractivity contribution in [3.8, 4) is 11.5 Å². The number of benzene rings is 2. The Morgan fingerprint density at radius 3 is 2.54 bits per heavy atom. The number of amides is 1. The summed E-state index contributed by atoms with van der Waals surface area (Å²) in [5.41, 5.74) is 1.42. The van der Waals surface area contributed by atoms with Crippen molar-refractivity contribution in [2.45, 2.75) is 6.92 Å². The molecule has 0 aliphatic heterocycles. The van der Waals surface area contributed by atoms with Gasteiger partial charge < -0.3 is 14.8 Å². The van der Waals surface area contributed by atoms with Crippen molar-refractivity contribution >= 4 is 22.5 Å². The molecule has 122 valence electrons. The largest absolute Gasteiger partial charge is 0.490 e. The number of pyridine rings is 1. The van der Waals surface area contributed by atoms with Crippen molar-refractivity contribution < 1.29 is 14.3 Å². The van der Waals surface area contributed by atoms with Crippen molar-refractivity contribution in [3.63, 3.8) is 0 Å². The van der Waals surface area contributed by atoms with Gasteiger partial charge in [-0.1, -0.05) is 30.3 Å². The maximum Gasteiger partial charge on any atom is 0.262 e. The highest BCUT2D eigenvalue weighted by molar-refractivity contribution is 6.00. The zero-order chi connectivity index (χ0) is 16.8. The summed E-state index contributed by atoms with van der Waals surface area (Å²) in [7, 11) is 0. The molecule has 2 aromatic carbocycles. The lowest BCUT2D eigenvalue weighted by Gasteiger charge is -2.12. The van der Waals surface area contributed by atoms with Gasteiger partial charge in [0.05, 0.1) is 17.8 Å². The summed E-state index contributed by atoms with van der Waals surface area (Å²) in [5.74, 6) is 0.921. The molecule has 5 heteroatoms. The molecular weight excluding hydrogens is 304 g/mol. The number of hydrogen-bond acceptors (Lipinski definition) is 4. The van der Waals surface area contributed by atoms with Gasteiger partial charge in [-0.05, 0) is 31.2 Å². The topological polar surface area (TPSA) is 60.5 Å². The van der Waals surface area contributed by atoms with Crippen molar-refractivity contribution in [1.82, 2.24) is 4.98 Å². The van der Waals surface area contributed by atoms with Crippen LogP contribution in [0.2, 0.25) is 0 Å². The lowest BCUT2D eigenvalue weighted by molar-refractivity contribution is -0.118. The SMILES string of the molecule is CCOc1ccccc1OCC(=O)Nc1cccc2cccnc12. The van der Waals surface area contributed by atoms with E-state index in [1.165, 1.54) is 0 Å². The van der Waals surface area contributed by atoms with Crippen molar-refractivity contribution in [1.29, 1.82) is 0 Å². The third kappa shape index (κ3) is 3.63. The predicted octanol–water partition coefficient (Wildman–Crippen LogP) is 3.65. The Balaban J connectivity index is 1.68. The number of carbonyl (C=O) groups is 1. The second-order valence-corrected chi connectivity index (χ2v) is 5.10. The van der Waals surface area contributed by atoms with Crippen LogP contribution in [0.15, 0.2) is 60.8 Å². The fourth-order valence-corrected chi connectivity index (χ4v) is 2.38. The first-order valence-electron chi connectivity index (χ1n) is 7.76. The van der Waals surface area contributed by atoms with Gasteiger partial charge in [-0.2, -0.15) is 0 Å². The van der Waals surface area contributed by atoms with Gasteiger partial charge in [0.15, 0.2) is 18.1 Å². The Morgan fingerprint density at radius 1 is 1.00 bits per heavy atom. The van der Waals surface area contributed by atoms with Crippen LogP contribution in [0.25, 0.3) is 10.9 Å². The number of nitrogens with zero attached hydrogens (tertiary/aromatic N) is 1. The fourth-order valence-electron chi connectivity index (χ4n) is 2.38. The van der Waals surface area contributed by atoms with Gasteiger partial charge in [0.25, 0.3) is 5.91 Å². The molecule has 0 atom stereocenters. The summed E-state index contributed by atoms with van der Waals surface area (Å²) in [6.07, 6.45) is 1.70. The highest BCUT2D eigenvalue weighted by Gasteiger charge is 2.09. The number of rotatable bonds is 6. The van der Waals surface area contributed by atoms with E-state index < -0.39 is 0 Å². The van der Waals surface area contributed by atoms with Gasteiger partial charge in [-0.15, -0.1) is 0 Å². The molecule has 0 unspecified atom stereocenters. The van der Waals surface area contributed by atoms with Crippen LogP contribution in [0.4, 0.5) is 5.69 Å². The molecule has 0 saturated heterocycles. The van der Waals surface area contributed by atoms with Gasteiger partial charge in [-0.3, -0.25) is 9.78 Å². The van der Waals surface area contributed by atoms with E-state index in [0.29, 0.717) is 23.8 Å². The van der Waals surface area contributed by atoms with Crippen LogP contribution in [-0.4, -0.2) is 24.1 Å². The molecule has 0 saturated carbocycles. The fraction of sp³-hybridized carbons (Fsp3) is 0.158. The summed E-state index contributed by atoms with van der Waals surface area (Å²) in [6, 6.07) is 16.8. The number of aromatic nitrogens is 1.